The van der Waals surface area contributed by atoms with Crippen LogP contribution in [0.2, 0.25) is 0 Å². The topological polar surface area (TPSA) is 139 Å². The van der Waals surface area contributed by atoms with E-state index in [1.165, 1.54) is 10.9 Å². The monoisotopic (exact) mass is 281 g/mol. The lowest BCUT2D eigenvalue weighted by atomic mass is 10.1. The Kier molecular flexibility index (Phi) is 2.96. The van der Waals surface area contributed by atoms with Crippen molar-refractivity contribution >= 4 is 17.1 Å². The van der Waals surface area contributed by atoms with Crippen LogP contribution in [0.15, 0.2) is 11.1 Å². The number of hydrogen-bond donors (Lipinski definition) is 4. The third-order valence-electron chi connectivity index (χ3n) is 3.46. The molecule has 2 unspecified atom stereocenters. The van der Waals surface area contributed by atoms with Crippen molar-refractivity contribution in [2.45, 2.75) is 37.9 Å². The number of nitrogens with one attached hydrogen (secondary N) is 1. The second-order valence-electron chi connectivity index (χ2n) is 4.73. The Labute approximate surface area is 113 Å². The first kappa shape index (κ1) is 13.0. The van der Waals surface area contributed by atoms with Gasteiger partial charge in [-0.05, 0) is 6.42 Å². The van der Waals surface area contributed by atoms with Gasteiger partial charge in [-0.1, -0.05) is 6.92 Å². The molecule has 0 radical (unpaired) electrons. The fourth-order valence-corrected chi connectivity index (χ4v) is 2.43. The Bertz CT molecular complexity index is 696. The maximum Gasteiger partial charge on any atom is 0.280 e. The van der Waals surface area contributed by atoms with E-state index in [0.29, 0.717) is 6.42 Å². The number of aromatic nitrogens is 4. The molecule has 0 saturated carbocycles. The van der Waals surface area contributed by atoms with Crippen molar-refractivity contribution in [2.75, 3.05) is 5.73 Å². The van der Waals surface area contributed by atoms with Crippen molar-refractivity contribution in [1.29, 1.82) is 0 Å². The van der Waals surface area contributed by atoms with Crippen LogP contribution in [0.1, 0.15) is 19.6 Å². The van der Waals surface area contributed by atoms with E-state index in [0.717, 1.165) is 0 Å². The van der Waals surface area contributed by atoms with E-state index in [1.807, 2.05) is 6.92 Å². The molecule has 108 valence electrons. The summed E-state index contributed by atoms with van der Waals surface area (Å²) in [6, 6.07) is 0. The van der Waals surface area contributed by atoms with Gasteiger partial charge in [0.05, 0.1) is 12.4 Å². The average Bonchev–Trinajstić information content (AvgIpc) is 2.93. The van der Waals surface area contributed by atoms with E-state index in [4.69, 9.17) is 10.5 Å². The highest BCUT2D eigenvalue weighted by atomic mass is 16.6. The molecular weight excluding hydrogens is 266 g/mol. The molecule has 9 nitrogen and oxygen atoms in total. The summed E-state index contributed by atoms with van der Waals surface area (Å²) in [6.07, 6.45) is -1.57. The van der Waals surface area contributed by atoms with Crippen molar-refractivity contribution in [2.24, 2.45) is 0 Å². The van der Waals surface area contributed by atoms with Crippen molar-refractivity contribution < 1.29 is 14.9 Å². The summed E-state index contributed by atoms with van der Waals surface area (Å²) in [7, 11) is 0. The van der Waals surface area contributed by atoms with Crippen LogP contribution in [-0.4, -0.2) is 48.0 Å². The Morgan fingerprint density at radius 2 is 2.25 bits per heavy atom. The van der Waals surface area contributed by atoms with Gasteiger partial charge in [-0.2, -0.15) is 4.98 Å². The molecule has 0 aromatic carbocycles. The minimum atomic E-state index is -1.13. The van der Waals surface area contributed by atoms with E-state index < -0.39 is 30.1 Å². The molecule has 1 fully saturated rings. The van der Waals surface area contributed by atoms with Crippen LogP contribution in [0.5, 0.6) is 0 Å². The van der Waals surface area contributed by atoms with E-state index in [9.17, 15) is 15.0 Å². The summed E-state index contributed by atoms with van der Waals surface area (Å²) in [5, 5.41) is 19.9. The van der Waals surface area contributed by atoms with Crippen molar-refractivity contribution in [3.05, 3.63) is 16.7 Å². The summed E-state index contributed by atoms with van der Waals surface area (Å²) in [5.41, 5.74) is 5.35. The Morgan fingerprint density at radius 3 is 2.90 bits per heavy atom. The number of nitrogens with zero attached hydrogens (tertiary/aromatic N) is 3. The van der Waals surface area contributed by atoms with Gasteiger partial charge >= 0.3 is 0 Å². The van der Waals surface area contributed by atoms with Crippen LogP contribution >= 0.6 is 0 Å². The van der Waals surface area contributed by atoms with E-state index in [1.54, 1.807) is 0 Å². The maximum absolute atomic E-state index is 11.7. The molecule has 3 heterocycles. The molecule has 4 atom stereocenters. The maximum atomic E-state index is 11.7. The highest BCUT2D eigenvalue weighted by Gasteiger charge is 2.43. The van der Waals surface area contributed by atoms with Gasteiger partial charge in [0.2, 0.25) is 5.95 Å². The number of imidazole rings is 1. The van der Waals surface area contributed by atoms with Crippen LogP contribution in [-0.2, 0) is 4.74 Å². The number of anilines is 1. The van der Waals surface area contributed by atoms with Gasteiger partial charge in [0, 0.05) is 0 Å². The lowest BCUT2D eigenvalue weighted by molar-refractivity contribution is -0.0355. The minimum absolute atomic E-state index is 0.0515. The molecule has 1 saturated heterocycles. The molecule has 5 N–H and O–H groups in total. The Balaban J connectivity index is 2.09. The van der Waals surface area contributed by atoms with Crippen molar-refractivity contribution in [1.82, 2.24) is 19.5 Å². The molecule has 0 aliphatic carbocycles. The molecule has 0 amide bonds. The van der Waals surface area contributed by atoms with Crippen LogP contribution < -0.4 is 11.3 Å². The molecule has 0 spiro atoms. The number of rotatable bonds is 2. The van der Waals surface area contributed by atoms with E-state index in [-0.39, 0.29) is 17.1 Å². The van der Waals surface area contributed by atoms with Gasteiger partial charge in [-0.3, -0.25) is 14.3 Å². The van der Waals surface area contributed by atoms with Crippen LogP contribution in [0.3, 0.4) is 0 Å². The first-order valence-electron chi connectivity index (χ1n) is 6.26. The average molecular weight is 281 g/mol. The lowest BCUT2D eigenvalue weighted by Crippen LogP contribution is -2.31. The molecule has 9 heteroatoms. The largest absolute Gasteiger partial charge is 0.388 e. The van der Waals surface area contributed by atoms with Crippen LogP contribution in [0.25, 0.3) is 11.2 Å². The highest BCUT2D eigenvalue weighted by Crippen LogP contribution is 2.32. The molecule has 0 bridgehead atoms. The first-order chi connectivity index (χ1) is 9.52. The zero-order valence-electron chi connectivity index (χ0n) is 10.7. The third kappa shape index (κ3) is 1.79. The summed E-state index contributed by atoms with van der Waals surface area (Å²) >= 11 is 0. The Hall–Kier alpha value is -1.97. The van der Waals surface area contributed by atoms with Crippen LogP contribution in [0, 0.1) is 0 Å². The lowest BCUT2D eigenvalue weighted by Gasteiger charge is -2.16. The van der Waals surface area contributed by atoms with E-state index in [2.05, 4.69) is 15.0 Å². The predicted molar refractivity (Wildman–Crippen MR) is 68.8 cm³/mol. The normalized spacial score (nSPS) is 30.1. The van der Waals surface area contributed by atoms with Gasteiger partial charge in [-0.15, -0.1) is 0 Å². The second kappa shape index (κ2) is 4.54. The van der Waals surface area contributed by atoms with E-state index >= 15 is 0 Å². The number of H-pyrrole nitrogens is 1. The number of aliphatic hydroxyl groups excluding tert-OH is 2. The second-order valence-corrected chi connectivity index (χ2v) is 4.73. The molecule has 3 rings (SSSR count). The van der Waals surface area contributed by atoms with Crippen molar-refractivity contribution in [3.8, 4) is 0 Å². The number of nitrogens with two attached hydrogens (primary N) is 1. The standard InChI is InChI=1S/C11H15N5O4/c1-2-4-6(17)7(18)10(20-4)16-3-13-5-8(16)14-11(12)15-9(5)19/h3-4,6-7,10,17-18H,2H2,1H3,(H3,12,14,15,19)/t4-,6?,7?,10-/m1/s1. The number of hydrogen-bond acceptors (Lipinski definition) is 7. The molecule has 1 aliphatic rings. The van der Waals surface area contributed by atoms with Gasteiger partial charge in [0.1, 0.15) is 12.2 Å². The zero-order valence-corrected chi connectivity index (χ0v) is 10.7. The molecule has 20 heavy (non-hydrogen) atoms. The van der Waals surface area contributed by atoms with Gasteiger partial charge in [-0.25, -0.2) is 4.98 Å². The first-order valence-corrected chi connectivity index (χ1v) is 6.26. The molecule has 2 aromatic heterocycles. The molecule has 2 aromatic rings. The summed E-state index contributed by atoms with van der Waals surface area (Å²) < 4.78 is 7.00. The smallest absolute Gasteiger partial charge is 0.280 e. The third-order valence-corrected chi connectivity index (χ3v) is 3.46. The zero-order chi connectivity index (χ0) is 14.4. The molecule has 1 aliphatic heterocycles. The number of nitrogen functional groups attached to an aromatic ring is 1. The number of aromatic amines is 1. The SMILES string of the molecule is CC[C@H]1O[C@@H](n2cnc3c(=O)[nH]c(N)nc32)C(O)C1O. The fraction of sp³-hybridized carbons (Fsp3) is 0.545. The predicted octanol–water partition coefficient (Wildman–Crippen LogP) is -1.27. The number of aliphatic hydroxyl groups is 2. The summed E-state index contributed by atoms with van der Waals surface area (Å²) in [4.78, 5) is 22.0. The summed E-state index contributed by atoms with van der Waals surface area (Å²) in [6.45, 7) is 1.84. The number of fused-ring (bicyclic) bond motifs is 1. The molecular formula is C11H15N5O4. The quantitative estimate of drug-likeness (QED) is 0.538. The van der Waals surface area contributed by atoms with Crippen LogP contribution in [0.4, 0.5) is 5.95 Å². The van der Waals surface area contributed by atoms with Gasteiger partial charge in [0.15, 0.2) is 17.4 Å². The summed E-state index contributed by atoms with van der Waals surface area (Å²) in [5.74, 6) is -0.0515. The minimum Gasteiger partial charge on any atom is -0.388 e. The Morgan fingerprint density at radius 1 is 1.50 bits per heavy atom. The number of ether oxygens (including phenoxy) is 1. The highest BCUT2D eigenvalue weighted by molar-refractivity contribution is 5.70. The van der Waals surface area contributed by atoms with Crippen molar-refractivity contribution in [3.63, 3.8) is 0 Å². The fourth-order valence-electron chi connectivity index (χ4n) is 2.43. The van der Waals surface area contributed by atoms with Gasteiger partial charge < -0.3 is 20.7 Å². The van der Waals surface area contributed by atoms with Gasteiger partial charge in [0.25, 0.3) is 5.56 Å².